The molecule has 2 aromatic rings. The number of halogens is 3. The Hall–Kier alpha value is -1.29. The van der Waals surface area contributed by atoms with Crippen molar-refractivity contribution in [1.82, 2.24) is 0 Å². The quantitative estimate of drug-likeness (QED) is 0.905. The van der Waals surface area contributed by atoms with Crippen LogP contribution in [0.4, 0.5) is 4.39 Å². The van der Waals surface area contributed by atoms with Crippen LogP contribution in [0.15, 0.2) is 30.3 Å². The summed E-state index contributed by atoms with van der Waals surface area (Å²) < 4.78 is 18.4. The molecule has 0 heterocycles. The number of nitrogens with two attached hydrogens (primary N) is 1. The number of rotatable bonds is 3. The summed E-state index contributed by atoms with van der Waals surface area (Å²) >= 11 is 12.3. The average Bonchev–Trinajstić information content (AvgIpc) is 2.43. The van der Waals surface area contributed by atoms with Crippen molar-refractivity contribution in [1.29, 1.82) is 0 Å². The maximum Gasteiger partial charge on any atom is 0.138 e. The van der Waals surface area contributed by atoms with E-state index in [-0.39, 0.29) is 5.82 Å². The van der Waals surface area contributed by atoms with Crippen LogP contribution in [0.5, 0.6) is 5.75 Å². The summed E-state index contributed by atoms with van der Waals surface area (Å²) in [6, 6.07) is 7.55. The first-order valence-electron chi connectivity index (χ1n) is 5.98. The van der Waals surface area contributed by atoms with Gasteiger partial charge in [-0.25, -0.2) is 4.39 Å². The highest BCUT2D eigenvalue weighted by Crippen LogP contribution is 2.35. The number of methoxy groups -OCH3 is 1. The molecule has 2 rings (SSSR count). The molecule has 0 amide bonds. The number of hydrogen-bond acceptors (Lipinski definition) is 2. The number of aryl methyl sites for hydroxylation is 1. The topological polar surface area (TPSA) is 35.2 Å². The third kappa shape index (κ3) is 2.90. The van der Waals surface area contributed by atoms with Crippen molar-refractivity contribution in [2.24, 2.45) is 5.73 Å². The minimum absolute atomic E-state index is 0.264. The van der Waals surface area contributed by atoms with Gasteiger partial charge >= 0.3 is 0 Å². The number of benzene rings is 2. The van der Waals surface area contributed by atoms with Crippen LogP contribution in [-0.2, 0) is 0 Å². The van der Waals surface area contributed by atoms with Crippen molar-refractivity contribution in [2.75, 3.05) is 7.11 Å². The zero-order valence-corrected chi connectivity index (χ0v) is 12.6. The molecule has 0 aliphatic carbocycles. The molecular weight excluding hydrogens is 300 g/mol. The van der Waals surface area contributed by atoms with Crippen LogP contribution in [-0.4, -0.2) is 7.11 Å². The van der Waals surface area contributed by atoms with Crippen LogP contribution in [0, 0.1) is 12.7 Å². The summed E-state index contributed by atoms with van der Waals surface area (Å²) in [4.78, 5) is 0. The summed E-state index contributed by atoms with van der Waals surface area (Å²) in [7, 11) is 1.51. The highest BCUT2D eigenvalue weighted by Gasteiger charge is 2.16. The fourth-order valence-corrected chi connectivity index (χ4v) is 2.50. The van der Waals surface area contributed by atoms with Crippen molar-refractivity contribution in [2.45, 2.75) is 13.0 Å². The van der Waals surface area contributed by atoms with Gasteiger partial charge in [0.25, 0.3) is 0 Å². The van der Waals surface area contributed by atoms with Crippen LogP contribution in [0.3, 0.4) is 0 Å². The summed E-state index contributed by atoms with van der Waals surface area (Å²) in [5.41, 5.74) is 8.17. The maximum absolute atomic E-state index is 13.3. The lowest BCUT2D eigenvalue weighted by Gasteiger charge is -2.16. The van der Waals surface area contributed by atoms with Gasteiger partial charge in [-0.2, -0.15) is 0 Å². The third-order valence-electron chi connectivity index (χ3n) is 3.15. The van der Waals surface area contributed by atoms with E-state index in [9.17, 15) is 4.39 Å². The second kappa shape index (κ2) is 6.00. The van der Waals surface area contributed by atoms with Crippen molar-refractivity contribution in [3.05, 3.63) is 62.9 Å². The Morgan fingerprint density at radius 1 is 1.15 bits per heavy atom. The maximum atomic E-state index is 13.3. The van der Waals surface area contributed by atoms with Crippen LogP contribution >= 0.6 is 23.2 Å². The minimum Gasteiger partial charge on any atom is -0.495 e. The Bertz CT molecular complexity index is 646. The summed E-state index contributed by atoms with van der Waals surface area (Å²) in [6.07, 6.45) is 0. The molecule has 0 spiro atoms. The Balaban J connectivity index is 2.45. The smallest absolute Gasteiger partial charge is 0.138 e. The molecule has 0 saturated heterocycles. The number of hydrogen-bond donors (Lipinski definition) is 1. The molecule has 2 aromatic carbocycles. The van der Waals surface area contributed by atoms with Crippen LogP contribution < -0.4 is 10.5 Å². The lowest BCUT2D eigenvalue weighted by molar-refractivity contribution is 0.415. The Morgan fingerprint density at radius 2 is 1.85 bits per heavy atom. The van der Waals surface area contributed by atoms with E-state index in [0.29, 0.717) is 26.9 Å². The van der Waals surface area contributed by atoms with E-state index in [1.54, 1.807) is 31.2 Å². The van der Waals surface area contributed by atoms with Crippen LogP contribution in [0.1, 0.15) is 22.7 Å². The van der Waals surface area contributed by atoms with E-state index in [1.165, 1.54) is 13.2 Å². The van der Waals surface area contributed by atoms with E-state index >= 15 is 0 Å². The van der Waals surface area contributed by atoms with E-state index in [1.807, 2.05) is 0 Å². The SMILES string of the molecule is COc1cc(Cl)c(C(N)c2ccc(F)c(C)c2)cc1Cl. The van der Waals surface area contributed by atoms with Crippen molar-refractivity contribution < 1.29 is 9.13 Å². The molecule has 0 saturated carbocycles. The van der Waals surface area contributed by atoms with Gasteiger partial charge in [0.05, 0.1) is 18.2 Å². The summed E-state index contributed by atoms with van der Waals surface area (Å²) in [5.74, 6) is 0.225. The van der Waals surface area contributed by atoms with Crippen molar-refractivity contribution in [3.63, 3.8) is 0 Å². The predicted molar refractivity (Wildman–Crippen MR) is 80.2 cm³/mol. The second-order valence-electron chi connectivity index (χ2n) is 4.49. The van der Waals surface area contributed by atoms with E-state index in [2.05, 4.69) is 0 Å². The van der Waals surface area contributed by atoms with Crippen LogP contribution in [0.25, 0.3) is 0 Å². The largest absolute Gasteiger partial charge is 0.495 e. The highest BCUT2D eigenvalue weighted by molar-refractivity contribution is 6.34. The van der Waals surface area contributed by atoms with Crippen molar-refractivity contribution >= 4 is 23.2 Å². The first-order chi connectivity index (χ1) is 9.43. The Kier molecular flexibility index (Phi) is 4.53. The van der Waals surface area contributed by atoms with Gasteiger partial charge in [-0.3, -0.25) is 0 Å². The molecule has 0 bridgehead atoms. The predicted octanol–water partition coefficient (Wildman–Crippen LogP) is 4.50. The average molecular weight is 314 g/mol. The summed E-state index contributed by atoms with van der Waals surface area (Å²) in [5, 5.41) is 0.891. The zero-order valence-electron chi connectivity index (χ0n) is 11.1. The van der Waals surface area contributed by atoms with Gasteiger partial charge < -0.3 is 10.5 Å². The van der Waals surface area contributed by atoms with Gasteiger partial charge in [-0.1, -0.05) is 35.3 Å². The van der Waals surface area contributed by atoms with Gasteiger partial charge in [-0.15, -0.1) is 0 Å². The lowest BCUT2D eigenvalue weighted by atomic mass is 9.98. The molecule has 0 radical (unpaired) electrons. The Morgan fingerprint density at radius 3 is 2.45 bits per heavy atom. The molecule has 1 unspecified atom stereocenters. The van der Waals surface area contributed by atoms with Gasteiger partial charge in [0.1, 0.15) is 11.6 Å². The molecule has 2 nitrogen and oxygen atoms in total. The lowest BCUT2D eigenvalue weighted by Crippen LogP contribution is -2.13. The van der Waals surface area contributed by atoms with Crippen molar-refractivity contribution in [3.8, 4) is 5.75 Å². The summed E-state index contributed by atoms with van der Waals surface area (Å²) in [6.45, 7) is 1.69. The molecule has 0 aromatic heterocycles. The molecule has 20 heavy (non-hydrogen) atoms. The first kappa shape index (κ1) is 15.1. The fraction of sp³-hybridized carbons (Fsp3) is 0.200. The molecule has 0 aliphatic rings. The fourth-order valence-electron chi connectivity index (χ4n) is 1.98. The van der Waals surface area contributed by atoms with Gasteiger partial charge in [0.15, 0.2) is 0 Å². The van der Waals surface area contributed by atoms with E-state index in [0.717, 1.165) is 5.56 Å². The third-order valence-corrected chi connectivity index (χ3v) is 3.77. The normalized spacial score (nSPS) is 12.3. The first-order valence-corrected chi connectivity index (χ1v) is 6.74. The molecule has 5 heteroatoms. The van der Waals surface area contributed by atoms with Gasteiger partial charge in [0, 0.05) is 11.1 Å². The molecule has 2 N–H and O–H groups in total. The number of ether oxygens (including phenoxy) is 1. The van der Waals surface area contributed by atoms with Gasteiger partial charge in [-0.05, 0) is 35.7 Å². The van der Waals surface area contributed by atoms with Crippen LogP contribution in [0.2, 0.25) is 10.0 Å². The Labute approximate surface area is 127 Å². The monoisotopic (exact) mass is 313 g/mol. The molecule has 0 fully saturated rings. The zero-order chi connectivity index (χ0) is 14.9. The standard InChI is InChI=1S/C15H14Cl2FNO/c1-8-5-9(3-4-13(8)18)15(19)10-6-12(17)14(20-2)7-11(10)16/h3-7,15H,19H2,1-2H3. The molecule has 0 aliphatic heterocycles. The highest BCUT2D eigenvalue weighted by atomic mass is 35.5. The molecular formula is C15H14Cl2FNO. The molecule has 1 atom stereocenters. The minimum atomic E-state index is -0.481. The molecule has 106 valence electrons. The van der Waals surface area contributed by atoms with Gasteiger partial charge in [0.2, 0.25) is 0 Å². The second-order valence-corrected chi connectivity index (χ2v) is 5.31. The van der Waals surface area contributed by atoms with E-state index in [4.69, 9.17) is 33.7 Å². The van der Waals surface area contributed by atoms with E-state index < -0.39 is 6.04 Å².